The molecule has 0 bridgehead atoms. The first kappa shape index (κ1) is 13.7. The first-order chi connectivity index (χ1) is 9.04. The van der Waals surface area contributed by atoms with E-state index >= 15 is 0 Å². The molecule has 0 aliphatic carbocycles. The summed E-state index contributed by atoms with van der Waals surface area (Å²) in [5, 5.41) is 0. The smallest absolute Gasteiger partial charge is 0.264 e. The lowest BCUT2D eigenvalue weighted by Gasteiger charge is -2.04. The molecule has 0 spiro atoms. The summed E-state index contributed by atoms with van der Waals surface area (Å²) < 4.78 is 26.4. The van der Waals surface area contributed by atoms with E-state index in [2.05, 4.69) is 4.98 Å². The minimum absolute atomic E-state index is 0.168. The molecular weight excluding hydrogens is 262 g/mol. The van der Waals surface area contributed by atoms with Crippen LogP contribution in [0.3, 0.4) is 0 Å². The third-order valence-electron chi connectivity index (χ3n) is 2.60. The Morgan fingerprint density at radius 1 is 1.11 bits per heavy atom. The minimum atomic E-state index is -3.36. The van der Waals surface area contributed by atoms with Crippen molar-refractivity contribution < 1.29 is 12.6 Å². The molecule has 0 fully saturated rings. The molecular formula is C14H15NO3S. The summed E-state index contributed by atoms with van der Waals surface area (Å²) in [6.07, 6.45) is 3.37. The van der Waals surface area contributed by atoms with E-state index < -0.39 is 10.1 Å². The van der Waals surface area contributed by atoms with Gasteiger partial charge in [0.25, 0.3) is 10.1 Å². The van der Waals surface area contributed by atoms with Crippen molar-refractivity contribution in [3.63, 3.8) is 0 Å². The van der Waals surface area contributed by atoms with Gasteiger partial charge in [0.15, 0.2) is 0 Å². The fraction of sp³-hybridized carbons (Fsp3) is 0.214. The molecule has 0 unspecified atom stereocenters. The van der Waals surface area contributed by atoms with Crippen molar-refractivity contribution in [3.8, 4) is 11.3 Å². The fourth-order valence-electron chi connectivity index (χ4n) is 1.69. The highest BCUT2D eigenvalue weighted by atomic mass is 32.2. The Kier molecular flexibility index (Phi) is 4.29. The zero-order valence-electron chi connectivity index (χ0n) is 10.6. The number of hydrogen-bond acceptors (Lipinski definition) is 4. The predicted molar refractivity (Wildman–Crippen MR) is 74.2 cm³/mol. The van der Waals surface area contributed by atoms with E-state index in [0.29, 0.717) is 6.42 Å². The molecule has 0 saturated heterocycles. The van der Waals surface area contributed by atoms with Gasteiger partial charge in [0.05, 0.1) is 18.6 Å². The quantitative estimate of drug-likeness (QED) is 0.787. The first-order valence-corrected chi connectivity index (χ1v) is 7.71. The molecule has 0 N–H and O–H groups in total. The van der Waals surface area contributed by atoms with Crippen LogP contribution in [0.1, 0.15) is 5.56 Å². The number of nitrogens with zero attached hydrogens (tertiary/aromatic N) is 1. The van der Waals surface area contributed by atoms with E-state index in [4.69, 9.17) is 4.18 Å². The Labute approximate surface area is 113 Å². The van der Waals surface area contributed by atoms with Crippen LogP contribution >= 0.6 is 0 Å². The van der Waals surface area contributed by atoms with Gasteiger partial charge in [-0.3, -0.25) is 9.17 Å². The number of rotatable bonds is 5. The summed E-state index contributed by atoms with van der Waals surface area (Å²) in [7, 11) is -3.36. The maximum absolute atomic E-state index is 10.8. The van der Waals surface area contributed by atoms with Gasteiger partial charge in [-0.25, -0.2) is 0 Å². The summed E-state index contributed by atoms with van der Waals surface area (Å²) in [4.78, 5) is 4.27. The van der Waals surface area contributed by atoms with E-state index in [0.717, 1.165) is 23.1 Å². The molecule has 100 valence electrons. The highest BCUT2D eigenvalue weighted by molar-refractivity contribution is 7.85. The minimum Gasteiger partial charge on any atom is -0.270 e. The molecule has 0 saturated carbocycles. The Bertz CT molecular complexity index is 622. The second kappa shape index (κ2) is 5.95. The molecule has 2 rings (SSSR count). The van der Waals surface area contributed by atoms with Crippen LogP contribution in [0, 0.1) is 0 Å². The largest absolute Gasteiger partial charge is 0.270 e. The van der Waals surface area contributed by atoms with E-state index in [9.17, 15) is 8.42 Å². The zero-order valence-corrected chi connectivity index (χ0v) is 11.4. The molecule has 0 radical (unpaired) electrons. The summed E-state index contributed by atoms with van der Waals surface area (Å²) in [6, 6.07) is 13.6. The van der Waals surface area contributed by atoms with Crippen molar-refractivity contribution in [2.45, 2.75) is 6.42 Å². The molecule has 19 heavy (non-hydrogen) atoms. The molecule has 1 aromatic heterocycles. The Hall–Kier alpha value is -1.72. The van der Waals surface area contributed by atoms with Crippen molar-refractivity contribution in [3.05, 3.63) is 54.2 Å². The molecule has 0 atom stereocenters. The van der Waals surface area contributed by atoms with Gasteiger partial charge < -0.3 is 0 Å². The van der Waals surface area contributed by atoms with Gasteiger partial charge in [-0.05, 0) is 24.1 Å². The molecule has 0 amide bonds. The van der Waals surface area contributed by atoms with E-state index in [1.807, 2.05) is 42.5 Å². The normalized spacial score (nSPS) is 11.4. The van der Waals surface area contributed by atoms with E-state index in [-0.39, 0.29) is 6.61 Å². The molecule has 0 aliphatic heterocycles. The molecule has 4 nitrogen and oxygen atoms in total. The molecule has 1 heterocycles. The summed E-state index contributed by atoms with van der Waals surface area (Å²) in [6.45, 7) is 0.168. The topological polar surface area (TPSA) is 56.3 Å². The van der Waals surface area contributed by atoms with Gasteiger partial charge in [-0.2, -0.15) is 8.42 Å². The van der Waals surface area contributed by atoms with Gasteiger partial charge in [0, 0.05) is 11.8 Å². The van der Waals surface area contributed by atoms with Gasteiger partial charge in [-0.15, -0.1) is 0 Å². The van der Waals surface area contributed by atoms with Crippen molar-refractivity contribution in [2.75, 3.05) is 12.9 Å². The molecule has 2 aromatic rings. The first-order valence-electron chi connectivity index (χ1n) is 5.89. The van der Waals surface area contributed by atoms with Crippen molar-refractivity contribution in [1.29, 1.82) is 0 Å². The van der Waals surface area contributed by atoms with Gasteiger partial charge in [0.2, 0.25) is 0 Å². The number of hydrogen-bond donors (Lipinski definition) is 0. The van der Waals surface area contributed by atoms with Gasteiger partial charge in [0.1, 0.15) is 0 Å². The fourth-order valence-corrected chi connectivity index (χ4v) is 2.07. The lowest BCUT2D eigenvalue weighted by atomic mass is 10.1. The Morgan fingerprint density at radius 2 is 1.84 bits per heavy atom. The maximum atomic E-state index is 10.8. The average Bonchev–Trinajstić information content (AvgIpc) is 2.39. The third-order valence-corrected chi connectivity index (χ3v) is 3.20. The second-order valence-electron chi connectivity index (χ2n) is 4.19. The van der Waals surface area contributed by atoms with Crippen LogP contribution < -0.4 is 0 Å². The van der Waals surface area contributed by atoms with Crippen LogP contribution in [-0.4, -0.2) is 26.3 Å². The molecule has 0 aliphatic rings. The highest BCUT2D eigenvalue weighted by Crippen LogP contribution is 2.17. The van der Waals surface area contributed by atoms with Crippen molar-refractivity contribution >= 4 is 10.1 Å². The SMILES string of the molecule is CS(=O)(=O)OCCc1ccc(-c2ccccn2)cc1. The van der Waals surface area contributed by atoms with Crippen LogP contribution in [0.2, 0.25) is 0 Å². The van der Waals surface area contributed by atoms with Crippen LogP contribution in [0.5, 0.6) is 0 Å². The highest BCUT2D eigenvalue weighted by Gasteiger charge is 2.02. The van der Waals surface area contributed by atoms with Crippen LogP contribution in [0.25, 0.3) is 11.3 Å². The van der Waals surface area contributed by atoms with Crippen LogP contribution in [0.4, 0.5) is 0 Å². The predicted octanol–water partition coefficient (Wildman–Crippen LogP) is 2.27. The lowest BCUT2D eigenvalue weighted by molar-refractivity contribution is 0.326. The lowest BCUT2D eigenvalue weighted by Crippen LogP contribution is -2.06. The number of pyridine rings is 1. The van der Waals surface area contributed by atoms with Crippen molar-refractivity contribution in [1.82, 2.24) is 4.98 Å². The van der Waals surface area contributed by atoms with Gasteiger partial charge in [-0.1, -0.05) is 30.3 Å². The molecule has 5 heteroatoms. The van der Waals surface area contributed by atoms with Crippen molar-refractivity contribution in [2.24, 2.45) is 0 Å². The standard InChI is InChI=1S/C14H15NO3S/c1-19(16,17)18-11-9-12-5-7-13(8-6-12)14-4-2-3-10-15-14/h2-8,10H,9,11H2,1H3. The third kappa shape index (κ3) is 4.46. The van der Waals surface area contributed by atoms with Crippen LogP contribution in [0.15, 0.2) is 48.7 Å². The summed E-state index contributed by atoms with van der Waals surface area (Å²) in [5.74, 6) is 0. The van der Waals surface area contributed by atoms with Crippen LogP contribution in [-0.2, 0) is 20.7 Å². The molecule has 1 aromatic carbocycles. The monoisotopic (exact) mass is 277 g/mol. The summed E-state index contributed by atoms with van der Waals surface area (Å²) in [5.41, 5.74) is 2.98. The van der Waals surface area contributed by atoms with Gasteiger partial charge >= 0.3 is 0 Å². The average molecular weight is 277 g/mol. The van der Waals surface area contributed by atoms with E-state index in [1.165, 1.54) is 0 Å². The number of aromatic nitrogens is 1. The Morgan fingerprint density at radius 3 is 2.42 bits per heavy atom. The Balaban J connectivity index is 1.99. The second-order valence-corrected chi connectivity index (χ2v) is 5.83. The summed E-state index contributed by atoms with van der Waals surface area (Å²) >= 11 is 0. The number of benzene rings is 1. The maximum Gasteiger partial charge on any atom is 0.264 e. The van der Waals surface area contributed by atoms with E-state index in [1.54, 1.807) is 6.20 Å². The zero-order chi connectivity index (χ0) is 13.7.